The lowest BCUT2D eigenvalue weighted by Crippen LogP contribution is -2.52. The molecule has 3 aromatic rings. The van der Waals surface area contributed by atoms with E-state index >= 15 is 0 Å². The Kier molecular flexibility index (Phi) is 4.86. The number of imidazole rings is 1. The molecule has 1 fully saturated rings. The van der Waals surface area contributed by atoms with Crippen LogP contribution in [0.15, 0.2) is 30.5 Å². The molecule has 0 spiro atoms. The molecule has 0 saturated carbocycles. The van der Waals surface area contributed by atoms with Crippen LogP contribution in [0.3, 0.4) is 0 Å². The van der Waals surface area contributed by atoms with Crippen molar-refractivity contribution < 1.29 is 9.53 Å². The van der Waals surface area contributed by atoms with Gasteiger partial charge < -0.3 is 9.64 Å². The first kappa shape index (κ1) is 18.0. The number of carbonyl (C=O) groups is 1. The van der Waals surface area contributed by atoms with Crippen LogP contribution in [-0.2, 0) is 0 Å². The van der Waals surface area contributed by atoms with Gasteiger partial charge in [-0.15, -0.1) is 0 Å². The summed E-state index contributed by atoms with van der Waals surface area (Å²) in [4.78, 5) is 21.2. The van der Waals surface area contributed by atoms with E-state index in [1.165, 1.54) is 11.3 Å². The smallest absolute Gasteiger partial charge is 0.277 e. The van der Waals surface area contributed by atoms with Gasteiger partial charge in [0.25, 0.3) is 5.91 Å². The number of piperazine rings is 1. The number of aryl methyl sites for hydroxylation is 1. The van der Waals surface area contributed by atoms with Gasteiger partial charge in [-0.05, 0) is 38.2 Å². The highest BCUT2D eigenvalue weighted by molar-refractivity contribution is 7.19. The van der Waals surface area contributed by atoms with Crippen molar-refractivity contribution in [1.29, 1.82) is 0 Å². The molecule has 8 heteroatoms. The molecule has 27 heavy (non-hydrogen) atoms. The molecule has 0 aliphatic carbocycles. The molecule has 1 saturated heterocycles. The van der Waals surface area contributed by atoms with Crippen LogP contribution >= 0.6 is 11.3 Å². The van der Waals surface area contributed by atoms with Crippen LogP contribution in [-0.4, -0.2) is 65.5 Å². The highest BCUT2D eigenvalue weighted by Crippen LogP contribution is 2.28. The number of amides is 1. The number of carbonyl (C=O) groups excluding carboxylic acids is 1. The van der Waals surface area contributed by atoms with E-state index in [0.29, 0.717) is 4.88 Å². The summed E-state index contributed by atoms with van der Waals surface area (Å²) in [6, 6.07) is 7.82. The Labute approximate surface area is 162 Å². The number of aromatic nitrogens is 2. The lowest BCUT2D eigenvalue weighted by molar-refractivity contribution is 0.0665. The number of fused-ring (bicyclic) bond motifs is 1. The molecular formula is C19H23N5O2S. The maximum Gasteiger partial charge on any atom is 0.277 e. The average Bonchev–Trinajstić information content (AvgIpc) is 3.23. The van der Waals surface area contributed by atoms with Crippen molar-refractivity contribution in [3.8, 4) is 17.0 Å². The maximum atomic E-state index is 12.7. The molecule has 1 amide bonds. The van der Waals surface area contributed by atoms with Gasteiger partial charge in [0.1, 0.15) is 10.6 Å². The summed E-state index contributed by atoms with van der Waals surface area (Å²) in [5.74, 6) is 0.761. The van der Waals surface area contributed by atoms with Crippen LogP contribution in [0.1, 0.15) is 15.4 Å². The number of hydrazine groups is 1. The molecular weight excluding hydrogens is 362 g/mol. The second kappa shape index (κ2) is 7.30. The van der Waals surface area contributed by atoms with Crippen molar-refractivity contribution in [1.82, 2.24) is 24.7 Å². The zero-order valence-electron chi connectivity index (χ0n) is 15.7. The van der Waals surface area contributed by atoms with Gasteiger partial charge in [0, 0.05) is 43.6 Å². The monoisotopic (exact) mass is 385 g/mol. The van der Waals surface area contributed by atoms with Gasteiger partial charge in [0.2, 0.25) is 0 Å². The van der Waals surface area contributed by atoms with E-state index < -0.39 is 0 Å². The minimum atomic E-state index is -0.0569. The third kappa shape index (κ3) is 3.55. The maximum absolute atomic E-state index is 12.7. The Balaban J connectivity index is 1.54. The third-order valence-corrected chi connectivity index (χ3v) is 6.07. The minimum absolute atomic E-state index is 0.0569. The molecule has 0 atom stereocenters. The Morgan fingerprint density at radius 2 is 1.89 bits per heavy atom. The largest absolute Gasteiger partial charge is 0.497 e. The number of rotatable bonds is 4. The molecule has 1 aliphatic rings. The van der Waals surface area contributed by atoms with Crippen LogP contribution in [0.5, 0.6) is 5.75 Å². The van der Waals surface area contributed by atoms with Gasteiger partial charge in [0.15, 0.2) is 4.96 Å². The zero-order valence-corrected chi connectivity index (χ0v) is 16.5. The van der Waals surface area contributed by atoms with Crippen molar-refractivity contribution in [3.63, 3.8) is 0 Å². The molecule has 3 heterocycles. The standard InChI is InChI=1S/C19H23N5O2S/c1-13-17(18(25)21-23-10-8-22(2)9-11-23)27-19-20-16(12-24(13)19)14-4-6-15(26-3)7-5-14/h4-7,12H,8-11H2,1-3H3,(H,21,25). The summed E-state index contributed by atoms with van der Waals surface area (Å²) in [5, 5.41) is 1.99. The van der Waals surface area contributed by atoms with Crippen molar-refractivity contribution in [2.75, 3.05) is 40.3 Å². The van der Waals surface area contributed by atoms with Crippen molar-refractivity contribution in [2.45, 2.75) is 6.92 Å². The average molecular weight is 385 g/mol. The van der Waals surface area contributed by atoms with Crippen LogP contribution in [0.25, 0.3) is 16.2 Å². The highest BCUT2D eigenvalue weighted by atomic mass is 32.1. The summed E-state index contributed by atoms with van der Waals surface area (Å²) in [7, 11) is 3.75. The van der Waals surface area contributed by atoms with Crippen molar-refractivity contribution >= 4 is 22.2 Å². The normalized spacial score (nSPS) is 16.0. The Morgan fingerprint density at radius 3 is 2.52 bits per heavy atom. The molecule has 1 aliphatic heterocycles. The fourth-order valence-corrected chi connectivity index (χ4v) is 4.17. The number of hydrogen-bond acceptors (Lipinski definition) is 6. The van der Waals surface area contributed by atoms with E-state index in [2.05, 4.69) is 17.4 Å². The lowest BCUT2D eigenvalue weighted by Gasteiger charge is -2.32. The summed E-state index contributed by atoms with van der Waals surface area (Å²) in [6.45, 7) is 5.55. The van der Waals surface area contributed by atoms with Gasteiger partial charge in [-0.25, -0.2) is 9.99 Å². The van der Waals surface area contributed by atoms with Gasteiger partial charge in [0.05, 0.1) is 12.8 Å². The highest BCUT2D eigenvalue weighted by Gasteiger charge is 2.21. The Hall–Kier alpha value is -2.42. The number of thiazole rings is 1. The minimum Gasteiger partial charge on any atom is -0.497 e. The molecule has 0 unspecified atom stereocenters. The summed E-state index contributed by atoms with van der Waals surface area (Å²) in [6.07, 6.45) is 1.98. The van der Waals surface area contributed by atoms with Gasteiger partial charge in [-0.1, -0.05) is 11.3 Å². The molecule has 142 valence electrons. The number of likely N-dealkylation sites (N-methyl/N-ethyl adjacent to an activating group) is 1. The zero-order chi connectivity index (χ0) is 19.0. The molecule has 0 bridgehead atoms. The Morgan fingerprint density at radius 1 is 1.19 bits per heavy atom. The number of hydrogen-bond donors (Lipinski definition) is 1. The second-order valence-corrected chi connectivity index (χ2v) is 7.73. The number of benzene rings is 1. The molecule has 7 nitrogen and oxygen atoms in total. The molecule has 4 rings (SSSR count). The SMILES string of the molecule is COc1ccc(-c2cn3c(C)c(C(=O)NN4CCN(C)CC4)sc3n2)cc1. The fraction of sp³-hybridized carbons (Fsp3) is 0.368. The van der Waals surface area contributed by atoms with Crippen LogP contribution < -0.4 is 10.2 Å². The van der Waals surface area contributed by atoms with Gasteiger partial charge in [-0.3, -0.25) is 14.6 Å². The predicted molar refractivity (Wildman–Crippen MR) is 106 cm³/mol. The van der Waals surface area contributed by atoms with E-state index in [4.69, 9.17) is 9.72 Å². The first-order valence-electron chi connectivity index (χ1n) is 8.92. The number of nitrogens with zero attached hydrogens (tertiary/aromatic N) is 4. The van der Waals surface area contributed by atoms with Gasteiger partial charge >= 0.3 is 0 Å². The fourth-order valence-electron chi connectivity index (χ4n) is 3.17. The third-order valence-electron chi connectivity index (χ3n) is 4.91. The quantitative estimate of drug-likeness (QED) is 0.747. The van der Waals surface area contributed by atoms with Crippen LogP contribution in [0, 0.1) is 6.92 Å². The van der Waals surface area contributed by atoms with E-state index in [-0.39, 0.29) is 5.91 Å². The van der Waals surface area contributed by atoms with Crippen molar-refractivity contribution in [2.24, 2.45) is 0 Å². The van der Waals surface area contributed by atoms with E-state index in [0.717, 1.165) is 53.8 Å². The molecule has 1 aromatic carbocycles. The summed E-state index contributed by atoms with van der Waals surface area (Å²) >= 11 is 1.42. The van der Waals surface area contributed by atoms with Crippen molar-refractivity contribution in [3.05, 3.63) is 41.0 Å². The van der Waals surface area contributed by atoms with Gasteiger partial charge in [-0.2, -0.15) is 0 Å². The van der Waals surface area contributed by atoms with E-state index in [1.807, 2.05) is 46.8 Å². The number of methoxy groups -OCH3 is 1. The predicted octanol–water partition coefficient (Wildman–Crippen LogP) is 2.27. The van der Waals surface area contributed by atoms with E-state index in [9.17, 15) is 4.79 Å². The first-order valence-corrected chi connectivity index (χ1v) is 9.74. The lowest BCUT2D eigenvalue weighted by atomic mass is 10.2. The Bertz CT molecular complexity index is 955. The van der Waals surface area contributed by atoms with Crippen LogP contribution in [0.2, 0.25) is 0 Å². The topological polar surface area (TPSA) is 62.1 Å². The molecule has 0 radical (unpaired) electrons. The first-order chi connectivity index (χ1) is 13.0. The number of nitrogens with one attached hydrogen (secondary N) is 1. The molecule has 1 N–H and O–H groups in total. The second-order valence-electron chi connectivity index (χ2n) is 6.76. The van der Waals surface area contributed by atoms with E-state index in [1.54, 1.807) is 7.11 Å². The summed E-state index contributed by atoms with van der Waals surface area (Å²) < 4.78 is 7.19. The van der Waals surface area contributed by atoms with Crippen LogP contribution in [0.4, 0.5) is 0 Å². The number of ether oxygens (including phenoxy) is 1. The molecule has 2 aromatic heterocycles. The summed E-state index contributed by atoms with van der Waals surface area (Å²) in [5.41, 5.74) is 5.85.